The highest BCUT2D eigenvalue weighted by Gasteiger charge is 2.35. The minimum atomic E-state index is -4.68. The third kappa shape index (κ3) is 5.34. The molecule has 206 valence electrons. The van der Waals surface area contributed by atoms with Crippen molar-refractivity contribution in [1.29, 1.82) is 0 Å². The third-order valence-corrected chi connectivity index (χ3v) is 7.56. The van der Waals surface area contributed by atoms with Crippen molar-refractivity contribution in [2.75, 3.05) is 31.6 Å². The van der Waals surface area contributed by atoms with Crippen LogP contribution in [-0.2, 0) is 12.7 Å². The Balaban J connectivity index is 1.60. The molecule has 0 unspecified atom stereocenters. The highest BCUT2D eigenvalue weighted by atomic mass is 19.4. The molecule has 0 atom stereocenters. The second kappa shape index (κ2) is 10.6. The Morgan fingerprint density at radius 3 is 2.26 bits per heavy atom. The molecule has 1 aromatic heterocycles. The topological polar surface area (TPSA) is 24.3 Å². The van der Waals surface area contributed by atoms with Crippen LogP contribution in [0.4, 0.5) is 32.0 Å². The molecule has 1 aliphatic rings. The molecule has 10 heteroatoms. The second-order valence-corrected chi connectivity index (χ2v) is 9.90. The highest BCUT2D eigenvalue weighted by molar-refractivity contribution is 5.95. The second-order valence-electron chi connectivity index (χ2n) is 9.90. The van der Waals surface area contributed by atoms with Gasteiger partial charge in [0.25, 0.3) is 0 Å². The maximum Gasteiger partial charge on any atom is 0.418 e. The van der Waals surface area contributed by atoms with Crippen molar-refractivity contribution in [2.24, 2.45) is 0 Å². The number of piperidine rings is 1. The molecule has 4 aromatic rings. The van der Waals surface area contributed by atoms with E-state index in [-0.39, 0.29) is 10.9 Å². The summed E-state index contributed by atoms with van der Waals surface area (Å²) in [6, 6.07) is 12.7. The molecule has 39 heavy (non-hydrogen) atoms. The van der Waals surface area contributed by atoms with Gasteiger partial charge in [-0.1, -0.05) is 31.2 Å². The van der Waals surface area contributed by atoms with Gasteiger partial charge in [0.05, 0.1) is 17.8 Å². The van der Waals surface area contributed by atoms with Crippen LogP contribution in [0.5, 0.6) is 0 Å². The number of hydrogen-bond donors (Lipinski definition) is 0. The zero-order valence-electron chi connectivity index (χ0n) is 21.6. The fraction of sp³-hybridized carbons (Fsp3) is 0.345. The van der Waals surface area contributed by atoms with Gasteiger partial charge >= 0.3 is 6.18 Å². The first kappa shape index (κ1) is 27.1. The van der Waals surface area contributed by atoms with Crippen molar-refractivity contribution >= 4 is 16.6 Å². The van der Waals surface area contributed by atoms with Gasteiger partial charge in [0.15, 0.2) is 0 Å². The van der Waals surface area contributed by atoms with Crippen LogP contribution in [0, 0.1) is 17.5 Å². The Kier molecular flexibility index (Phi) is 7.33. The van der Waals surface area contributed by atoms with Gasteiger partial charge in [0.1, 0.15) is 23.0 Å². The predicted octanol–water partition coefficient (Wildman–Crippen LogP) is 7.11. The van der Waals surface area contributed by atoms with Gasteiger partial charge in [0.2, 0.25) is 0 Å². The summed E-state index contributed by atoms with van der Waals surface area (Å²) in [6.07, 6.45) is -2.72. The fourth-order valence-corrected chi connectivity index (χ4v) is 5.35. The molecule has 0 radical (unpaired) electrons. The zero-order valence-corrected chi connectivity index (χ0v) is 21.6. The average molecular weight is 547 g/mol. The van der Waals surface area contributed by atoms with E-state index >= 15 is 0 Å². The van der Waals surface area contributed by atoms with E-state index in [1.165, 1.54) is 16.8 Å². The van der Waals surface area contributed by atoms with Crippen LogP contribution in [0.3, 0.4) is 0 Å². The number of anilines is 1. The molecule has 1 aliphatic heterocycles. The number of benzene rings is 3. The number of hydrogen-bond acceptors (Lipinski definition) is 3. The lowest BCUT2D eigenvalue weighted by Gasteiger charge is -2.37. The van der Waals surface area contributed by atoms with Crippen LogP contribution in [0.15, 0.2) is 54.6 Å². The maximum absolute atomic E-state index is 14.6. The molecule has 0 spiro atoms. The van der Waals surface area contributed by atoms with Gasteiger partial charge < -0.3 is 9.80 Å². The summed E-state index contributed by atoms with van der Waals surface area (Å²) >= 11 is 0. The molecule has 1 fully saturated rings. The first-order valence-corrected chi connectivity index (χ1v) is 12.8. The number of alkyl halides is 3. The molecule has 1 saturated heterocycles. The summed E-state index contributed by atoms with van der Waals surface area (Å²) in [6.45, 7) is 4.22. The summed E-state index contributed by atoms with van der Waals surface area (Å²) in [5.41, 5.74) is -0.00351. The van der Waals surface area contributed by atoms with E-state index in [9.17, 15) is 26.3 Å². The van der Waals surface area contributed by atoms with Gasteiger partial charge in [-0.25, -0.2) is 13.2 Å². The van der Waals surface area contributed by atoms with E-state index < -0.39 is 41.3 Å². The molecule has 0 N–H and O–H groups in total. The molecule has 0 bridgehead atoms. The molecule has 0 amide bonds. The minimum Gasteiger partial charge on any atom is -0.371 e. The van der Waals surface area contributed by atoms with E-state index in [0.717, 1.165) is 44.2 Å². The van der Waals surface area contributed by atoms with Gasteiger partial charge in [-0.3, -0.25) is 4.68 Å². The summed E-state index contributed by atoms with van der Waals surface area (Å²) in [5.74, 6) is -3.36. The Morgan fingerprint density at radius 2 is 1.62 bits per heavy atom. The Hall–Kier alpha value is -3.53. The van der Waals surface area contributed by atoms with Crippen LogP contribution in [-0.4, -0.2) is 47.4 Å². The van der Waals surface area contributed by atoms with Crippen LogP contribution < -0.4 is 4.90 Å². The Labute approximate surface area is 222 Å². The van der Waals surface area contributed by atoms with E-state index in [2.05, 4.69) is 28.9 Å². The first-order chi connectivity index (χ1) is 18.6. The highest BCUT2D eigenvalue weighted by Crippen LogP contribution is 2.39. The smallest absolute Gasteiger partial charge is 0.371 e. The van der Waals surface area contributed by atoms with Crippen molar-refractivity contribution in [1.82, 2.24) is 14.7 Å². The summed E-state index contributed by atoms with van der Waals surface area (Å²) in [7, 11) is 2.11. The molecular formula is C29H28F6N4. The summed E-state index contributed by atoms with van der Waals surface area (Å²) in [4.78, 5) is 4.55. The molecule has 3 aromatic carbocycles. The number of halogens is 6. The van der Waals surface area contributed by atoms with Crippen LogP contribution in [0.1, 0.15) is 30.9 Å². The molecule has 5 rings (SSSR count). The van der Waals surface area contributed by atoms with Crippen molar-refractivity contribution in [3.8, 4) is 11.3 Å². The van der Waals surface area contributed by atoms with Crippen LogP contribution in [0.2, 0.25) is 0 Å². The van der Waals surface area contributed by atoms with Gasteiger partial charge in [-0.2, -0.15) is 18.3 Å². The SMILES string of the molecule is CCN(C)C1CCN(c2cccc(-c3c4cccc(C(F)(F)F)c4nn3Cc3c(F)cc(F)cc3F)c2)CC1. The van der Waals surface area contributed by atoms with Crippen molar-refractivity contribution in [3.05, 3.63) is 83.2 Å². The van der Waals surface area contributed by atoms with E-state index in [1.54, 1.807) is 6.07 Å². The predicted molar refractivity (Wildman–Crippen MR) is 139 cm³/mol. The van der Waals surface area contributed by atoms with E-state index in [4.69, 9.17) is 0 Å². The average Bonchev–Trinajstić information content (AvgIpc) is 3.28. The first-order valence-electron chi connectivity index (χ1n) is 12.8. The van der Waals surface area contributed by atoms with E-state index in [1.807, 2.05) is 18.2 Å². The molecular weight excluding hydrogens is 518 g/mol. The fourth-order valence-electron chi connectivity index (χ4n) is 5.35. The molecule has 0 saturated carbocycles. The lowest BCUT2D eigenvalue weighted by molar-refractivity contribution is -0.136. The van der Waals surface area contributed by atoms with Crippen molar-refractivity contribution < 1.29 is 26.3 Å². The lowest BCUT2D eigenvalue weighted by Crippen LogP contribution is -2.43. The van der Waals surface area contributed by atoms with Gasteiger partial charge in [0, 0.05) is 53.5 Å². The maximum atomic E-state index is 14.6. The molecule has 2 heterocycles. The molecule has 0 aliphatic carbocycles. The summed E-state index contributed by atoms with van der Waals surface area (Å²) in [5, 5.41) is 4.39. The zero-order chi connectivity index (χ0) is 27.9. The standard InChI is InChI=1S/C29H28F6N4/c1-3-37(2)20-10-12-38(13-11-20)21-7-4-6-18(14-21)28-22-8-5-9-24(29(33,34)35)27(22)36-39(28)17-23-25(31)15-19(30)16-26(23)32/h4-9,14-16,20H,3,10-13,17H2,1-2H3. The summed E-state index contributed by atoms with van der Waals surface area (Å²) < 4.78 is 85.4. The quantitative estimate of drug-likeness (QED) is 0.241. The Morgan fingerprint density at radius 1 is 0.949 bits per heavy atom. The van der Waals surface area contributed by atoms with Gasteiger partial charge in [-0.15, -0.1) is 0 Å². The Bertz CT molecular complexity index is 1460. The van der Waals surface area contributed by atoms with E-state index in [0.29, 0.717) is 29.4 Å². The van der Waals surface area contributed by atoms with Crippen molar-refractivity contribution in [2.45, 2.75) is 38.5 Å². The molecule has 4 nitrogen and oxygen atoms in total. The van der Waals surface area contributed by atoms with Crippen molar-refractivity contribution in [3.63, 3.8) is 0 Å². The van der Waals surface area contributed by atoms with Crippen LogP contribution in [0.25, 0.3) is 22.2 Å². The number of nitrogens with zero attached hydrogens (tertiary/aromatic N) is 4. The normalized spacial score (nSPS) is 15.1. The third-order valence-electron chi connectivity index (χ3n) is 7.56. The number of aromatic nitrogens is 2. The van der Waals surface area contributed by atoms with Crippen LogP contribution >= 0.6 is 0 Å². The minimum absolute atomic E-state index is 0.202. The monoisotopic (exact) mass is 546 g/mol. The lowest BCUT2D eigenvalue weighted by atomic mass is 10.0. The number of rotatable bonds is 6. The largest absolute Gasteiger partial charge is 0.418 e. The number of fused-ring (bicyclic) bond motifs is 1. The van der Waals surface area contributed by atoms with Gasteiger partial charge in [-0.05, 0) is 44.6 Å².